The zero-order valence-electron chi connectivity index (χ0n) is 16.9. The Hall–Kier alpha value is -2.38. The van der Waals surface area contributed by atoms with Gasteiger partial charge in [0.15, 0.2) is 6.61 Å². The lowest BCUT2D eigenvalue weighted by molar-refractivity contribution is -0.151. The van der Waals surface area contributed by atoms with Crippen LogP contribution < -0.4 is 10.2 Å². The number of carbonyl (C=O) groups is 3. The van der Waals surface area contributed by atoms with Gasteiger partial charge in [0.25, 0.3) is 5.91 Å². The van der Waals surface area contributed by atoms with Gasteiger partial charge in [0.2, 0.25) is 5.91 Å². The fourth-order valence-corrected chi connectivity index (χ4v) is 3.97. The minimum atomic E-state index is -0.603. The fraction of sp³-hybridized carbons (Fsp3) is 0.318. The number of ether oxygens (including phenoxy) is 1. The van der Waals surface area contributed by atoms with Crippen LogP contribution in [0.4, 0.5) is 11.4 Å². The molecule has 2 amide bonds. The number of esters is 1. The third kappa shape index (κ3) is 4.84. The summed E-state index contributed by atoms with van der Waals surface area (Å²) in [5.74, 6) is -1.76. The Kier molecular flexibility index (Phi) is 6.83. The Morgan fingerprint density at radius 2 is 1.97 bits per heavy atom. The summed E-state index contributed by atoms with van der Waals surface area (Å²) in [5.41, 5.74) is 4.24. The van der Waals surface area contributed by atoms with Crippen molar-refractivity contribution in [2.75, 3.05) is 23.4 Å². The molecule has 1 aliphatic rings. The lowest BCUT2D eigenvalue weighted by Crippen LogP contribution is -2.28. The van der Waals surface area contributed by atoms with E-state index >= 15 is 0 Å². The third-order valence-corrected chi connectivity index (χ3v) is 6.41. The van der Waals surface area contributed by atoms with Crippen LogP contribution >= 0.6 is 27.5 Å². The lowest BCUT2D eigenvalue weighted by atomic mass is 10.1. The highest BCUT2D eigenvalue weighted by Crippen LogP contribution is 2.30. The van der Waals surface area contributed by atoms with E-state index in [1.165, 1.54) is 0 Å². The van der Waals surface area contributed by atoms with E-state index in [2.05, 4.69) is 21.2 Å². The van der Waals surface area contributed by atoms with Gasteiger partial charge >= 0.3 is 5.97 Å². The molecule has 0 saturated carbocycles. The second-order valence-electron chi connectivity index (χ2n) is 7.36. The van der Waals surface area contributed by atoms with Crippen LogP contribution in [0.15, 0.2) is 34.8 Å². The van der Waals surface area contributed by atoms with Gasteiger partial charge in [0.05, 0.1) is 10.9 Å². The van der Waals surface area contributed by atoms with Crippen LogP contribution in [-0.4, -0.2) is 30.9 Å². The average molecular weight is 494 g/mol. The number of anilines is 2. The predicted molar refractivity (Wildman–Crippen MR) is 120 cm³/mol. The minimum Gasteiger partial charge on any atom is -0.455 e. The molecule has 1 aliphatic heterocycles. The first kappa shape index (κ1) is 22.3. The Labute approximate surface area is 188 Å². The molecule has 0 radical (unpaired) electrons. The maximum Gasteiger partial charge on any atom is 0.311 e. The molecule has 30 heavy (non-hydrogen) atoms. The standard InChI is InChI=1S/C22H22BrClN2O4/c1-12-5-4-6-19(14(12)3)26-10-15(8-21(26)28)22(29)30-11-20(27)25-18-9-17(24)16(23)7-13(18)2/h4-7,9,15H,8,10-11H2,1-3H3,(H,25,27)/t15-/m1/s1. The lowest BCUT2D eigenvalue weighted by Gasteiger charge is -2.20. The molecule has 2 aromatic carbocycles. The van der Waals surface area contributed by atoms with Gasteiger partial charge in [0, 0.05) is 28.8 Å². The van der Waals surface area contributed by atoms with E-state index in [0.29, 0.717) is 10.7 Å². The quantitative estimate of drug-likeness (QED) is 0.620. The van der Waals surface area contributed by atoms with Gasteiger partial charge in [-0.15, -0.1) is 0 Å². The van der Waals surface area contributed by atoms with Crippen molar-refractivity contribution < 1.29 is 19.1 Å². The third-order valence-electron chi connectivity index (χ3n) is 5.21. The number of hydrogen-bond donors (Lipinski definition) is 1. The summed E-state index contributed by atoms with van der Waals surface area (Å²) in [6, 6.07) is 9.14. The number of halogens is 2. The second-order valence-corrected chi connectivity index (χ2v) is 8.62. The van der Waals surface area contributed by atoms with Crippen molar-refractivity contribution in [2.45, 2.75) is 27.2 Å². The Morgan fingerprint density at radius 1 is 1.23 bits per heavy atom. The first-order valence-electron chi connectivity index (χ1n) is 9.46. The molecule has 158 valence electrons. The van der Waals surface area contributed by atoms with E-state index in [-0.39, 0.29) is 18.9 Å². The summed E-state index contributed by atoms with van der Waals surface area (Å²) >= 11 is 9.38. The van der Waals surface area contributed by atoms with Crippen molar-refractivity contribution in [3.63, 3.8) is 0 Å². The summed E-state index contributed by atoms with van der Waals surface area (Å²) in [6.07, 6.45) is 0.0647. The van der Waals surface area contributed by atoms with Crippen LogP contribution in [0, 0.1) is 26.7 Å². The van der Waals surface area contributed by atoms with Crippen LogP contribution in [-0.2, 0) is 19.1 Å². The molecular weight excluding hydrogens is 472 g/mol. The minimum absolute atomic E-state index is 0.0647. The molecule has 0 unspecified atom stereocenters. The van der Waals surface area contributed by atoms with Gasteiger partial charge in [0.1, 0.15) is 0 Å². The Balaban J connectivity index is 1.58. The van der Waals surface area contributed by atoms with E-state index in [4.69, 9.17) is 16.3 Å². The number of carbonyl (C=O) groups excluding carboxylic acids is 3. The molecule has 0 aromatic heterocycles. The Morgan fingerprint density at radius 3 is 2.70 bits per heavy atom. The van der Waals surface area contributed by atoms with Gasteiger partial charge < -0.3 is 15.0 Å². The first-order chi connectivity index (χ1) is 14.2. The maximum atomic E-state index is 12.5. The van der Waals surface area contributed by atoms with Crippen molar-refractivity contribution in [3.05, 3.63) is 56.5 Å². The van der Waals surface area contributed by atoms with Gasteiger partial charge in [-0.25, -0.2) is 0 Å². The van der Waals surface area contributed by atoms with E-state index in [0.717, 1.165) is 26.9 Å². The highest BCUT2D eigenvalue weighted by Gasteiger charge is 2.37. The van der Waals surface area contributed by atoms with E-state index in [1.807, 2.05) is 39.0 Å². The zero-order chi connectivity index (χ0) is 22.0. The number of nitrogens with one attached hydrogen (secondary N) is 1. The molecule has 2 aromatic rings. The molecule has 1 fully saturated rings. The van der Waals surface area contributed by atoms with Crippen LogP contribution in [0.3, 0.4) is 0 Å². The smallest absolute Gasteiger partial charge is 0.311 e. The van der Waals surface area contributed by atoms with Crippen molar-refractivity contribution in [1.29, 1.82) is 0 Å². The highest BCUT2D eigenvalue weighted by molar-refractivity contribution is 9.10. The zero-order valence-corrected chi connectivity index (χ0v) is 19.3. The van der Waals surface area contributed by atoms with E-state index in [1.54, 1.807) is 17.0 Å². The summed E-state index contributed by atoms with van der Waals surface area (Å²) in [5, 5.41) is 3.14. The molecular formula is C22H22BrClN2O4. The van der Waals surface area contributed by atoms with Crippen LogP contribution in [0.2, 0.25) is 5.02 Å². The van der Waals surface area contributed by atoms with Crippen molar-refractivity contribution in [1.82, 2.24) is 0 Å². The monoisotopic (exact) mass is 492 g/mol. The molecule has 0 bridgehead atoms. The fourth-order valence-electron chi connectivity index (χ4n) is 3.35. The molecule has 1 heterocycles. The van der Waals surface area contributed by atoms with Gasteiger partial charge in [-0.1, -0.05) is 23.7 Å². The number of hydrogen-bond acceptors (Lipinski definition) is 4. The van der Waals surface area contributed by atoms with Crippen LogP contribution in [0.1, 0.15) is 23.1 Å². The molecule has 1 saturated heterocycles. The number of rotatable bonds is 5. The van der Waals surface area contributed by atoms with Gasteiger partial charge in [-0.05, 0) is 71.6 Å². The number of aryl methyl sites for hydroxylation is 2. The summed E-state index contributed by atoms with van der Waals surface area (Å²) in [6.45, 7) is 5.56. The average Bonchev–Trinajstić information content (AvgIpc) is 3.08. The molecule has 3 rings (SSSR count). The van der Waals surface area contributed by atoms with Crippen LogP contribution in [0.5, 0.6) is 0 Å². The molecule has 1 atom stereocenters. The molecule has 6 nitrogen and oxygen atoms in total. The summed E-state index contributed by atoms with van der Waals surface area (Å²) < 4.78 is 5.90. The maximum absolute atomic E-state index is 12.5. The highest BCUT2D eigenvalue weighted by atomic mass is 79.9. The normalized spacial score (nSPS) is 16.0. The number of benzene rings is 2. The number of amides is 2. The first-order valence-corrected chi connectivity index (χ1v) is 10.6. The van der Waals surface area contributed by atoms with E-state index in [9.17, 15) is 14.4 Å². The molecule has 0 spiro atoms. The van der Waals surface area contributed by atoms with Crippen molar-refractivity contribution in [2.24, 2.45) is 5.92 Å². The predicted octanol–water partition coefficient (Wildman–Crippen LogP) is 4.56. The topological polar surface area (TPSA) is 75.7 Å². The Bertz CT molecular complexity index is 1020. The molecule has 1 N–H and O–H groups in total. The van der Waals surface area contributed by atoms with E-state index < -0.39 is 24.4 Å². The largest absolute Gasteiger partial charge is 0.455 e. The molecule has 0 aliphatic carbocycles. The SMILES string of the molecule is Cc1cc(Br)c(Cl)cc1NC(=O)COC(=O)[C@@H]1CC(=O)N(c2cccc(C)c2C)C1. The second kappa shape index (κ2) is 9.18. The molecule has 8 heteroatoms. The number of nitrogens with zero attached hydrogens (tertiary/aromatic N) is 1. The van der Waals surface area contributed by atoms with Crippen molar-refractivity contribution >= 4 is 56.7 Å². The summed E-state index contributed by atoms with van der Waals surface area (Å²) in [7, 11) is 0. The van der Waals surface area contributed by atoms with Gasteiger partial charge in [-0.2, -0.15) is 0 Å². The van der Waals surface area contributed by atoms with Crippen molar-refractivity contribution in [3.8, 4) is 0 Å². The summed E-state index contributed by atoms with van der Waals surface area (Å²) in [4.78, 5) is 38.7. The van der Waals surface area contributed by atoms with Crippen LogP contribution in [0.25, 0.3) is 0 Å². The van der Waals surface area contributed by atoms with Gasteiger partial charge in [-0.3, -0.25) is 14.4 Å².